The number of hydrogen-bond acceptors (Lipinski definition) is 3. The van der Waals surface area contributed by atoms with Gasteiger partial charge in [-0.25, -0.2) is 5.43 Å². The predicted octanol–water partition coefficient (Wildman–Crippen LogP) is 2.29. The number of carbonyl (C=O) groups is 2. The molecule has 0 radical (unpaired) electrons. The number of carbonyl (C=O) groups excluding carboxylic acids is 2. The molecule has 0 atom stereocenters. The molecule has 0 aliphatic heterocycles. The van der Waals surface area contributed by atoms with Crippen LogP contribution in [0.25, 0.3) is 0 Å². The Morgan fingerprint density at radius 3 is 2.53 bits per heavy atom. The molecule has 2 N–H and O–H groups in total. The van der Waals surface area contributed by atoms with Crippen molar-refractivity contribution in [2.24, 2.45) is 5.10 Å². The Kier molecular flexibility index (Phi) is 6.29. The van der Waals surface area contributed by atoms with Gasteiger partial charge in [-0.1, -0.05) is 25.5 Å². The average Bonchev–Trinajstić information content (AvgIpc) is 2.38. The van der Waals surface area contributed by atoms with E-state index in [0.29, 0.717) is 6.42 Å². The van der Waals surface area contributed by atoms with Gasteiger partial charge in [-0.15, -0.1) is 0 Å². The highest BCUT2D eigenvalue weighted by atomic mass is 16.2. The summed E-state index contributed by atoms with van der Waals surface area (Å²) in [7, 11) is 0. The highest BCUT2D eigenvalue weighted by Gasteiger charge is 1.97. The van der Waals surface area contributed by atoms with E-state index in [-0.39, 0.29) is 11.8 Å². The zero-order valence-corrected chi connectivity index (χ0v) is 11.3. The normalized spacial score (nSPS) is 10.4. The Hall–Kier alpha value is -2.17. The van der Waals surface area contributed by atoms with Crippen LogP contribution in [0, 0.1) is 0 Å². The Morgan fingerprint density at radius 1 is 1.26 bits per heavy atom. The molecule has 0 saturated carbocycles. The third-order valence-corrected chi connectivity index (χ3v) is 2.39. The van der Waals surface area contributed by atoms with Crippen molar-refractivity contribution in [2.45, 2.75) is 33.1 Å². The molecular formula is C14H19N3O2. The van der Waals surface area contributed by atoms with E-state index in [1.165, 1.54) is 6.92 Å². The van der Waals surface area contributed by atoms with Gasteiger partial charge < -0.3 is 5.32 Å². The minimum atomic E-state index is -0.107. The Balaban J connectivity index is 2.44. The summed E-state index contributed by atoms with van der Waals surface area (Å²) in [6.07, 6.45) is 3.92. The van der Waals surface area contributed by atoms with Crippen LogP contribution in [0.15, 0.2) is 29.4 Å². The fraction of sp³-hybridized carbons (Fsp3) is 0.357. The fourth-order valence-corrected chi connectivity index (χ4v) is 1.43. The number of unbranched alkanes of at least 4 members (excludes halogenated alkanes) is 1. The number of hydrazone groups is 1. The van der Waals surface area contributed by atoms with Gasteiger partial charge in [-0.2, -0.15) is 5.10 Å². The van der Waals surface area contributed by atoms with E-state index in [4.69, 9.17) is 0 Å². The van der Waals surface area contributed by atoms with Gasteiger partial charge >= 0.3 is 0 Å². The smallest absolute Gasteiger partial charge is 0.240 e. The van der Waals surface area contributed by atoms with Crippen molar-refractivity contribution in [3.63, 3.8) is 0 Å². The first-order valence-electron chi connectivity index (χ1n) is 6.31. The Labute approximate surface area is 113 Å². The molecular weight excluding hydrogens is 242 g/mol. The molecule has 102 valence electrons. The maximum Gasteiger partial charge on any atom is 0.240 e. The summed E-state index contributed by atoms with van der Waals surface area (Å²) in [4.78, 5) is 22.1. The van der Waals surface area contributed by atoms with Crippen LogP contribution in [0.4, 0.5) is 5.69 Å². The van der Waals surface area contributed by atoms with E-state index < -0.39 is 0 Å². The minimum absolute atomic E-state index is 0.0760. The lowest BCUT2D eigenvalue weighted by molar-refractivity contribution is -0.121. The van der Waals surface area contributed by atoms with Crippen molar-refractivity contribution < 1.29 is 9.59 Å². The molecule has 0 aliphatic rings. The second-order valence-electron chi connectivity index (χ2n) is 4.20. The highest BCUT2D eigenvalue weighted by molar-refractivity contribution is 5.89. The second kappa shape index (κ2) is 8.02. The van der Waals surface area contributed by atoms with Gasteiger partial charge in [-0.3, -0.25) is 9.59 Å². The largest absolute Gasteiger partial charge is 0.326 e. The zero-order chi connectivity index (χ0) is 14.1. The maximum atomic E-state index is 11.3. The molecule has 0 saturated heterocycles. The number of nitrogens with one attached hydrogen (secondary N) is 2. The molecule has 0 heterocycles. The first-order chi connectivity index (χ1) is 9.11. The number of hydrogen-bond donors (Lipinski definition) is 2. The Bertz CT molecular complexity index is 452. The van der Waals surface area contributed by atoms with Crippen molar-refractivity contribution in [1.82, 2.24) is 5.43 Å². The number of nitrogens with zero attached hydrogens (tertiary/aromatic N) is 1. The van der Waals surface area contributed by atoms with Crippen LogP contribution in [0.2, 0.25) is 0 Å². The first kappa shape index (κ1) is 14.9. The van der Waals surface area contributed by atoms with E-state index in [1.807, 2.05) is 19.1 Å². The van der Waals surface area contributed by atoms with Crippen molar-refractivity contribution in [1.29, 1.82) is 0 Å². The molecule has 19 heavy (non-hydrogen) atoms. The molecule has 5 nitrogen and oxygen atoms in total. The molecule has 0 fully saturated rings. The molecule has 0 spiro atoms. The lowest BCUT2D eigenvalue weighted by Crippen LogP contribution is -2.16. The second-order valence-corrected chi connectivity index (χ2v) is 4.20. The van der Waals surface area contributed by atoms with E-state index in [9.17, 15) is 9.59 Å². The molecule has 0 bridgehead atoms. The van der Waals surface area contributed by atoms with Gasteiger partial charge in [0.2, 0.25) is 11.8 Å². The van der Waals surface area contributed by atoms with Gasteiger partial charge in [0.15, 0.2) is 0 Å². The molecule has 2 amide bonds. The van der Waals surface area contributed by atoms with Crippen LogP contribution in [-0.4, -0.2) is 18.0 Å². The summed E-state index contributed by atoms with van der Waals surface area (Å²) >= 11 is 0. The van der Waals surface area contributed by atoms with E-state index in [0.717, 1.165) is 24.1 Å². The van der Waals surface area contributed by atoms with Crippen molar-refractivity contribution in [3.05, 3.63) is 29.8 Å². The number of amides is 2. The zero-order valence-electron chi connectivity index (χ0n) is 11.3. The molecule has 1 aromatic carbocycles. The average molecular weight is 261 g/mol. The first-order valence-corrected chi connectivity index (χ1v) is 6.31. The van der Waals surface area contributed by atoms with E-state index >= 15 is 0 Å². The quantitative estimate of drug-likeness (QED) is 0.609. The lowest BCUT2D eigenvalue weighted by Gasteiger charge is -2.01. The van der Waals surface area contributed by atoms with Crippen molar-refractivity contribution >= 4 is 23.7 Å². The summed E-state index contributed by atoms with van der Waals surface area (Å²) in [6.45, 7) is 3.49. The molecule has 1 rings (SSSR count). The van der Waals surface area contributed by atoms with E-state index in [2.05, 4.69) is 15.8 Å². The van der Waals surface area contributed by atoms with Crippen LogP contribution in [-0.2, 0) is 9.59 Å². The molecule has 0 aliphatic carbocycles. The number of benzene rings is 1. The summed E-state index contributed by atoms with van der Waals surface area (Å²) < 4.78 is 0. The van der Waals surface area contributed by atoms with Gasteiger partial charge in [0.1, 0.15) is 0 Å². The van der Waals surface area contributed by atoms with Crippen LogP contribution < -0.4 is 10.7 Å². The van der Waals surface area contributed by atoms with E-state index in [1.54, 1.807) is 18.3 Å². The van der Waals surface area contributed by atoms with Crippen molar-refractivity contribution in [3.8, 4) is 0 Å². The van der Waals surface area contributed by atoms with Gasteiger partial charge in [0, 0.05) is 19.0 Å². The van der Waals surface area contributed by atoms with Crippen molar-refractivity contribution in [2.75, 3.05) is 5.32 Å². The van der Waals surface area contributed by atoms with Gasteiger partial charge in [0.05, 0.1) is 6.21 Å². The molecule has 5 heteroatoms. The SMILES string of the molecule is CCCCC(=O)N/N=C/c1ccc(NC(C)=O)cc1. The van der Waals surface area contributed by atoms with Gasteiger partial charge in [-0.05, 0) is 24.1 Å². The van der Waals surface area contributed by atoms with Gasteiger partial charge in [0.25, 0.3) is 0 Å². The number of anilines is 1. The third kappa shape index (κ3) is 6.35. The fourth-order valence-electron chi connectivity index (χ4n) is 1.43. The summed E-state index contributed by atoms with van der Waals surface area (Å²) in [6, 6.07) is 7.18. The topological polar surface area (TPSA) is 70.6 Å². The van der Waals surface area contributed by atoms with Crippen LogP contribution in [0.1, 0.15) is 38.7 Å². The summed E-state index contributed by atoms with van der Waals surface area (Å²) in [5, 5.41) is 6.55. The molecule has 0 unspecified atom stereocenters. The standard InChI is InChI=1S/C14H19N3O2/c1-3-4-5-14(19)17-15-10-12-6-8-13(9-7-12)16-11(2)18/h6-10H,3-5H2,1-2H3,(H,16,18)(H,17,19)/b15-10+. The minimum Gasteiger partial charge on any atom is -0.326 e. The van der Waals surface area contributed by atoms with Crippen LogP contribution in [0.3, 0.4) is 0 Å². The summed E-state index contributed by atoms with van der Waals surface area (Å²) in [5.41, 5.74) is 4.06. The predicted molar refractivity (Wildman–Crippen MR) is 76.0 cm³/mol. The monoisotopic (exact) mass is 261 g/mol. The lowest BCUT2D eigenvalue weighted by atomic mass is 10.2. The Morgan fingerprint density at radius 2 is 1.95 bits per heavy atom. The summed E-state index contributed by atoms with van der Waals surface area (Å²) in [5.74, 6) is -0.183. The molecule has 0 aromatic heterocycles. The van der Waals surface area contributed by atoms with Crippen LogP contribution >= 0.6 is 0 Å². The highest BCUT2D eigenvalue weighted by Crippen LogP contribution is 2.07. The maximum absolute atomic E-state index is 11.3. The third-order valence-electron chi connectivity index (χ3n) is 2.39. The van der Waals surface area contributed by atoms with Crippen LogP contribution in [0.5, 0.6) is 0 Å². The number of rotatable bonds is 6. The molecule has 1 aromatic rings.